The molecule has 2 fully saturated rings. The normalized spacial score (nSPS) is 25.4. The van der Waals surface area contributed by atoms with Crippen molar-refractivity contribution < 1.29 is 14.4 Å². The quantitative estimate of drug-likeness (QED) is 0.756. The van der Waals surface area contributed by atoms with Gasteiger partial charge in [0, 0.05) is 51.3 Å². The molecule has 0 bridgehead atoms. The lowest BCUT2D eigenvalue weighted by Gasteiger charge is -2.29. The molecule has 3 aliphatic rings. The Labute approximate surface area is 165 Å². The summed E-state index contributed by atoms with van der Waals surface area (Å²) in [6.45, 7) is 9.74. The number of hydrogen-bond donors (Lipinski definition) is 2. The maximum absolute atomic E-state index is 13.0. The van der Waals surface area contributed by atoms with E-state index in [4.69, 9.17) is 0 Å². The first-order valence-electron chi connectivity index (χ1n) is 10.0. The SMILES string of the molecule is CC1(C)CNCCN(Cc2ccc3c(c2)C(=O)N(C2CCC(=O)NC2=O)C3)C1. The molecule has 1 atom stereocenters. The van der Waals surface area contributed by atoms with Gasteiger partial charge in [-0.25, -0.2) is 0 Å². The highest BCUT2D eigenvalue weighted by molar-refractivity contribution is 6.05. The van der Waals surface area contributed by atoms with E-state index in [1.54, 1.807) is 4.90 Å². The molecule has 7 heteroatoms. The van der Waals surface area contributed by atoms with Crippen molar-refractivity contribution in [3.05, 3.63) is 34.9 Å². The van der Waals surface area contributed by atoms with Crippen LogP contribution in [0.15, 0.2) is 18.2 Å². The molecular formula is C21H28N4O3. The Bertz CT molecular complexity index is 820. The maximum Gasteiger partial charge on any atom is 0.255 e. The number of piperidine rings is 1. The fraction of sp³-hybridized carbons (Fsp3) is 0.571. The van der Waals surface area contributed by atoms with Crippen LogP contribution in [0.4, 0.5) is 0 Å². The second-order valence-electron chi connectivity index (χ2n) is 8.94. The average Bonchev–Trinajstić information content (AvgIpc) is 2.83. The largest absolute Gasteiger partial charge is 0.322 e. The highest BCUT2D eigenvalue weighted by atomic mass is 16.2. The van der Waals surface area contributed by atoms with Gasteiger partial charge in [-0.3, -0.25) is 24.6 Å². The van der Waals surface area contributed by atoms with Gasteiger partial charge >= 0.3 is 0 Å². The Morgan fingerprint density at radius 2 is 2.04 bits per heavy atom. The molecule has 1 aromatic carbocycles. The molecular weight excluding hydrogens is 356 g/mol. The molecule has 3 heterocycles. The van der Waals surface area contributed by atoms with Crippen LogP contribution in [0.25, 0.3) is 0 Å². The molecule has 7 nitrogen and oxygen atoms in total. The van der Waals surface area contributed by atoms with Crippen LogP contribution >= 0.6 is 0 Å². The predicted molar refractivity (Wildman–Crippen MR) is 104 cm³/mol. The molecule has 0 saturated carbocycles. The molecule has 2 saturated heterocycles. The predicted octanol–water partition coefficient (Wildman–Crippen LogP) is 0.879. The van der Waals surface area contributed by atoms with Crippen molar-refractivity contribution in [2.75, 3.05) is 26.2 Å². The zero-order valence-electron chi connectivity index (χ0n) is 16.6. The highest BCUT2D eigenvalue weighted by Crippen LogP contribution is 2.29. The van der Waals surface area contributed by atoms with E-state index in [1.165, 1.54) is 0 Å². The van der Waals surface area contributed by atoms with Crippen LogP contribution in [0.2, 0.25) is 0 Å². The van der Waals surface area contributed by atoms with E-state index >= 15 is 0 Å². The minimum absolute atomic E-state index is 0.107. The van der Waals surface area contributed by atoms with Crippen LogP contribution in [-0.4, -0.2) is 59.7 Å². The van der Waals surface area contributed by atoms with Gasteiger partial charge in [-0.05, 0) is 29.0 Å². The molecule has 4 rings (SSSR count). The first kappa shape index (κ1) is 19.1. The lowest BCUT2D eigenvalue weighted by molar-refractivity contribution is -0.136. The van der Waals surface area contributed by atoms with Crippen LogP contribution in [0.1, 0.15) is 48.2 Å². The Balaban J connectivity index is 1.48. The van der Waals surface area contributed by atoms with Crippen LogP contribution < -0.4 is 10.6 Å². The van der Waals surface area contributed by atoms with Gasteiger partial charge < -0.3 is 10.2 Å². The molecule has 1 aromatic rings. The summed E-state index contributed by atoms with van der Waals surface area (Å²) in [4.78, 5) is 40.6. The van der Waals surface area contributed by atoms with Gasteiger partial charge in [-0.15, -0.1) is 0 Å². The number of hydrogen-bond acceptors (Lipinski definition) is 5. The Kier molecular flexibility index (Phi) is 4.97. The molecule has 2 N–H and O–H groups in total. The van der Waals surface area contributed by atoms with E-state index in [0.29, 0.717) is 18.5 Å². The molecule has 150 valence electrons. The number of fused-ring (bicyclic) bond motifs is 1. The van der Waals surface area contributed by atoms with Crippen molar-refractivity contribution in [3.8, 4) is 0 Å². The Morgan fingerprint density at radius 3 is 2.82 bits per heavy atom. The third-order valence-electron chi connectivity index (χ3n) is 5.86. The molecule has 3 amide bonds. The summed E-state index contributed by atoms with van der Waals surface area (Å²) in [6.07, 6.45) is 0.674. The van der Waals surface area contributed by atoms with Crippen molar-refractivity contribution in [2.24, 2.45) is 5.41 Å². The van der Waals surface area contributed by atoms with Gasteiger partial charge in [0.15, 0.2) is 0 Å². The smallest absolute Gasteiger partial charge is 0.255 e. The number of nitrogens with one attached hydrogen (secondary N) is 2. The van der Waals surface area contributed by atoms with Crippen LogP contribution in [0, 0.1) is 5.41 Å². The number of carbonyl (C=O) groups is 3. The molecule has 0 aromatic heterocycles. The fourth-order valence-corrected chi connectivity index (χ4v) is 4.50. The van der Waals surface area contributed by atoms with Crippen LogP contribution in [-0.2, 0) is 22.7 Å². The van der Waals surface area contributed by atoms with Gasteiger partial charge in [0.1, 0.15) is 6.04 Å². The molecule has 1 unspecified atom stereocenters. The summed E-state index contributed by atoms with van der Waals surface area (Å²) >= 11 is 0. The first-order valence-corrected chi connectivity index (χ1v) is 10.0. The van der Waals surface area contributed by atoms with E-state index in [0.717, 1.165) is 43.9 Å². The summed E-state index contributed by atoms with van der Waals surface area (Å²) in [5, 5.41) is 5.84. The number of carbonyl (C=O) groups excluding carboxylic acids is 3. The third kappa shape index (κ3) is 3.82. The molecule has 28 heavy (non-hydrogen) atoms. The van der Waals surface area contributed by atoms with Crippen molar-refractivity contribution in [2.45, 2.75) is 45.8 Å². The lowest BCUT2D eigenvalue weighted by Crippen LogP contribution is -2.52. The average molecular weight is 384 g/mol. The molecule has 0 aliphatic carbocycles. The minimum Gasteiger partial charge on any atom is -0.322 e. The van der Waals surface area contributed by atoms with Gasteiger partial charge in [0.05, 0.1) is 0 Å². The zero-order chi connectivity index (χ0) is 19.9. The number of imide groups is 1. The standard InChI is InChI=1S/C21H28N4O3/c1-21(2)12-22-7-8-24(13-21)10-14-3-4-15-11-25(20(28)16(15)9-14)17-5-6-18(26)23-19(17)27/h3-4,9,17,22H,5-8,10-13H2,1-2H3,(H,23,26,27). The van der Waals surface area contributed by atoms with Crippen molar-refractivity contribution in [3.63, 3.8) is 0 Å². The topological polar surface area (TPSA) is 81.8 Å². The number of nitrogens with zero attached hydrogens (tertiary/aromatic N) is 2. The summed E-state index contributed by atoms with van der Waals surface area (Å²) in [5.74, 6) is -0.733. The van der Waals surface area contributed by atoms with E-state index in [2.05, 4.69) is 35.4 Å². The second kappa shape index (κ2) is 7.29. The van der Waals surface area contributed by atoms with Crippen molar-refractivity contribution in [1.82, 2.24) is 20.4 Å². The number of rotatable bonds is 3. The summed E-state index contributed by atoms with van der Waals surface area (Å²) < 4.78 is 0. The van der Waals surface area contributed by atoms with E-state index < -0.39 is 6.04 Å². The Hall–Kier alpha value is -2.25. The summed E-state index contributed by atoms with van der Waals surface area (Å²) in [5.41, 5.74) is 2.98. The fourth-order valence-electron chi connectivity index (χ4n) is 4.50. The van der Waals surface area contributed by atoms with Gasteiger partial charge in [0.25, 0.3) is 5.91 Å². The zero-order valence-corrected chi connectivity index (χ0v) is 16.6. The second-order valence-corrected chi connectivity index (χ2v) is 8.94. The van der Waals surface area contributed by atoms with Crippen LogP contribution in [0.3, 0.4) is 0 Å². The summed E-state index contributed by atoms with van der Waals surface area (Å²) in [7, 11) is 0. The molecule has 0 spiro atoms. The first-order chi connectivity index (χ1) is 13.3. The lowest BCUT2D eigenvalue weighted by atomic mass is 9.93. The van der Waals surface area contributed by atoms with Crippen LogP contribution in [0.5, 0.6) is 0 Å². The maximum atomic E-state index is 13.0. The Morgan fingerprint density at radius 1 is 1.21 bits per heavy atom. The number of benzene rings is 1. The monoisotopic (exact) mass is 384 g/mol. The third-order valence-corrected chi connectivity index (χ3v) is 5.86. The summed E-state index contributed by atoms with van der Waals surface area (Å²) in [6, 6.07) is 5.52. The minimum atomic E-state index is -0.557. The van der Waals surface area contributed by atoms with Crippen molar-refractivity contribution in [1.29, 1.82) is 0 Å². The van der Waals surface area contributed by atoms with E-state index in [1.807, 2.05) is 12.1 Å². The van der Waals surface area contributed by atoms with Gasteiger partial charge in [-0.2, -0.15) is 0 Å². The van der Waals surface area contributed by atoms with E-state index in [-0.39, 0.29) is 29.6 Å². The number of amides is 3. The van der Waals surface area contributed by atoms with Gasteiger partial charge in [0.2, 0.25) is 11.8 Å². The molecule has 3 aliphatic heterocycles. The highest BCUT2D eigenvalue weighted by Gasteiger charge is 2.39. The van der Waals surface area contributed by atoms with Gasteiger partial charge in [-0.1, -0.05) is 26.0 Å². The molecule has 0 radical (unpaired) electrons. The van der Waals surface area contributed by atoms with E-state index in [9.17, 15) is 14.4 Å². The van der Waals surface area contributed by atoms with Crippen molar-refractivity contribution >= 4 is 17.7 Å².